The number of piperidine rings is 1. The van der Waals surface area contributed by atoms with Crippen LogP contribution in [0.4, 0.5) is 11.4 Å². The Labute approximate surface area is 112 Å². The molecule has 0 aliphatic carbocycles. The number of hydrogen-bond acceptors (Lipinski definition) is 4. The highest BCUT2D eigenvalue weighted by molar-refractivity contribution is 5.69. The van der Waals surface area contributed by atoms with Gasteiger partial charge in [-0.2, -0.15) is 0 Å². The summed E-state index contributed by atoms with van der Waals surface area (Å²) in [7, 11) is 0. The fourth-order valence-electron chi connectivity index (χ4n) is 3.64. The van der Waals surface area contributed by atoms with Crippen LogP contribution in [0.25, 0.3) is 0 Å². The molecule has 2 aliphatic heterocycles. The van der Waals surface area contributed by atoms with Crippen LogP contribution in [-0.2, 0) is 0 Å². The topological polar surface area (TPSA) is 66.6 Å². The third-order valence-electron chi connectivity index (χ3n) is 4.38. The number of aliphatic hydroxyl groups excluding tert-OH is 1. The molecule has 2 heterocycles. The van der Waals surface area contributed by atoms with Crippen LogP contribution in [-0.4, -0.2) is 28.2 Å². The Morgan fingerprint density at radius 3 is 2.53 bits per heavy atom. The van der Waals surface area contributed by atoms with Crippen LogP contribution in [0.15, 0.2) is 18.2 Å². The number of benzene rings is 1. The van der Waals surface area contributed by atoms with Gasteiger partial charge in [-0.1, -0.05) is 12.1 Å². The maximum absolute atomic E-state index is 11.2. The number of rotatable bonds is 2. The second-order valence-electron chi connectivity index (χ2n) is 5.62. The quantitative estimate of drug-likeness (QED) is 0.656. The predicted octanol–water partition coefficient (Wildman–Crippen LogP) is 2.40. The summed E-state index contributed by atoms with van der Waals surface area (Å²) < 4.78 is 0. The molecule has 5 heteroatoms. The normalized spacial score (nSPS) is 29.6. The third-order valence-corrected chi connectivity index (χ3v) is 4.38. The minimum absolute atomic E-state index is 0.188. The molecule has 1 aromatic carbocycles. The average Bonchev–Trinajstić information content (AvgIpc) is 2.61. The Kier molecular flexibility index (Phi) is 2.93. The molecule has 1 N–H and O–H groups in total. The molecule has 0 amide bonds. The number of fused-ring (bicyclic) bond motifs is 2. The molecule has 3 rings (SSSR count). The summed E-state index contributed by atoms with van der Waals surface area (Å²) in [5, 5.41) is 21.1. The van der Waals surface area contributed by atoms with E-state index in [9.17, 15) is 15.2 Å². The van der Waals surface area contributed by atoms with Gasteiger partial charge in [0, 0.05) is 18.2 Å². The van der Waals surface area contributed by atoms with Crippen LogP contribution in [0.3, 0.4) is 0 Å². The van der Waals surface area contributed by atoms with Crippen molar-refractivity contribution >= 4 is 11.4 Å². The smallest absolute Gasteiger partial charge is 0.292 e. The zero-order valence-corrected chi connectivity index (χ0v) is 11.0. The molecular weight excluding hydrogens is 244 g/mol. The molecule has 5 nitrogen and oxygen atoms in total. The molecule has 0 aromatic heterocycles. The summed E-state index contributed by atoms with van der Waals surface area (Å²) in [6.45, 7) is 1.92. The number of para-hydroxylation sites is 1. The van der Waals surface area contributed by atoms with E-state index in [0.29, 0.717) is 0 Å². The van der Waals surface area contributed by atoms with Crippen molar-refractivity contribution < 1.29 is 10.0 Å². The first-order valence-corrected chi connectivity index (χ1v) is 6.78. The van der Waals surface area contributed by atoms with Crippen molar-refractivity contribution in [2.45, 2.75) is 50.8 Å². The van der Waals surface area contributed by atoms with E-state index in [1.807, 2.05) is 13.0 Å². The molecule has 2 atom stereocenters. The van der Waals surface area contributed by atoms with Crippen LogP contribution < -0.4 is 4.90 Å². The fraction of sp³-hybridized carbons (Fsp3) is 0.571. The lowest BCUT2D eigenvalue weighted by Gasteiger charge is -2.39. The standard InChI is InChI=1S/C14H18N2O3/c1-9-3-2-4-13(16(18)19)14(9)15-10-5-6-11(15)8-12(17)7-10/h2-4,10-12,17H,5-8H2,1H3. The van der Waals surface area contributed by atoms with Crippen LogP contribution in [0.1, 0.15) is 31.2 Å². The second kappa shape index (κ2) is 4.49. The monoisotopic (exact) mass is 262 g/mol. The molecule has 19 heavy (non-hydrogen) atoms. The maximum atomic E-state index is 11.2. The highest BCUT2D eigenvalue weighted by atomic mass is 16.6. The van der Waals surface area contributed by atoms with E-state index < -0.39 is 0 Å². The van der Waals surface area contributed by atoms with Crippen molar-refractivity contribution in [3.63, 3.8) is 0 Å². The number of nitro benzene ring substituents is 1. The highest BCUT2D eigenvalue weighted by Crippen LogP contribution is 2.44. The van der Waals surface area contributed by atoms with Gasteiger partial charge in [-0.15, -0.1) is 0 Å². The molecule has 1 aromatic rings. The summed E-state index contributed by atoms with van der Waals surface area (Å²) >= 11 is 0. The van der Waals surface area contributed by atoms with Gasteiger partial charge in [0.1, 0.15) is 5.69 Å². The SMILES string of the molecule is Cc1cccc([N+](=O)[O-])c1N1C2CCC1CC(O)C2. The first-order chi connectivity index (χ1) is 9.08. The van der Waals surface area contributed by atoms with Crippen molar-refractivity contribution in [1.82, 2.24) is 0 Å². The van der Waals surface area contributed by atoms with Gasteiger partial charge in [0.05, 0.1) is 11.0 Å². The van der Waals surface area contributed by atoms with Crippen LogP contribution in [0.2, 0.25) is 0 Å². The fourth-order valence-corrected chi connectivity index (χ4v) is 3.64. The summed E-state index contributed by atoms with van der Waals surface area (Å²) in [5.41, 5.74) is 1.89. The predicted molar refractivity (Wildman–Crippen MR) is 72.4 cm³/mol. The zero-order valence-electron chi connectivity index (χ0n) is 11.0. The summed E-state index contributed by atoms with van der Waals surface area (Å²) in [4.78, 5) is 13.1. The number of hydrogen-bond donors (Lipinski definition) is 1. The molecule has 0 saturated carbocycles. The first-order valence-electron chi connectivity index (χ1n) is 6.78. The zero-order chi connectivity index (χ0) is 13.6. The molecular formula is C14H18N2O3. The van der Waals surface area contributed by atoms with Gasteiger partial charge in [0.15, 0.2) is 0 Å². The molecule has 2 saturated heterocycles. The van der Waals surface area contributed by atoms with Gasteiger partial charge in [0.2, 0.25) is 0 Å². The van der Waals surface area contributed by atoms with Gasteiger partial charge in [-0.05, 0) is 38.2 Å². The summed E-state index contributed by atoms with van der Waals surface area (Å²) in [6, 6.07) is 5.72. The largest absolute Gasteiger partial charge is 0.393 e. The van der Waals surface area contributed by atoms with Crippen molar-refractivity contribution in [2.75, 3.05) is 4.90 Å². The van der Waals surface area contributed by atoms with Gasteiger partial charge >= 0.3 is 0 Å². The number of aliphatic hydroxyl groups is 1. The molecule has 102 valence electrons. The van der Waals surface area contributed by atoms with E-state index in [1.165, 1.54) is 0 Å². The summed E-state index contributed by atoms with van der Waals surface area (Å²) in [5.74, 6) is 0. The lowest BCUT2D eigenvalue weighted by molar-refractivity contribution is -0.384. The first kappa shape index (κ1) is 12.4. The van der Waals surface area contributed by atoms with E-state index in [4.69, 9.17) is 0 Å². The van der Waals surface area contributed by atoms with Crippen molar-refractivity contribution in [3.8, 4) is 0 Å². The number of nitro groups is 1. The Balaban J connectivity index is 2.06. The molecule has 2 unspecified atom stereocenters. The highest BCUT2D eigenvalue weighted by Gasteiger charge is 2.42. The number of aryl methyl sites for hydroxylation is 1. The average molecular weight is 262 g/mol. The van der Waals surface area contributed by atoms with Crippen molar-refractivity contribution in [2.24, 2.45) is 0 Å². The minimum Gasteiger partial charge on any atom is -0.393 e. The Hall–Kier alpha value is -1.62. The Bertz CT molecular complexity index is 503. The molecule has 0 radical (unpaired) electrons. The molecule has 2 bridgehead atoms. The Morgan fingerprint density at radius 1 is 1.32 bits per heavy atom. The Morgan fingerprint density at radius 2 is 1.95 bits per heavy atom. The lowest BCUT2D eigenvalue weighted by atomic mass is 9.97. The van der Waals surface area contributed by atoms with Crippen LogP contribution in [0, 0.1) is 17.0 Å². The summed E-state index contributed by atoms with van der Waals surface area (Å²) in [6.07, 6.45) is 3.24. The molecule has 2 fully saturated rings. The van der Waals surface area contributed by atoms with E-state index in [0.717, 1.165) is 36.9 Å². The second-order valence-corrected chi connectivity index (χ2v) is 5.62. The van der Waals surface area contributed by atoms with Gasteiger partial charge < -0.3 is 10.0 Å². The third kappa shape index (κ3) is 1.98. The molecule has 2 aliphatic rings. The van der Waals surface area contributed by atoms with Gasteiger partial charge in [0.25, 0.3) is 5.69 Å². The van der Waals surface area contributed by atoms with E-state index in [1.54, 1.807) is 12.1 Å². The van der Waals surface area contributed by atoms with Gasteiger partial charge in [-0.25, -0.2) is 0 Å². The van der Waals surface area contributed by atoms with E-state index >= 15 is 0 Å². The van der Waals surface area contributed by atoms with Crippen LogP contribution in [0.5, 0.6) is 0 Å². The number of nitrogens with zero attached hydrogens (tertiary/aromatic N) is 2. The lowest BCUT2D eigenvalue weighted by Crippen LogP contribution is -2.45. The minimum atomic E-state index is -0.299. The van der Waals surface area contributed by atoms with Crippen molar-refractivity contribution in [3.05, 3.63) is 33.9 Å². The molecule has 0 spiro atoms. The van der Waals surface area contributed by atoms with E-state index in [-0.39, 0.29) is 28.8 Å². The van der Waals surface area contributed by atoms with E-state index in [2.05, 4.69) is 4.90 Å². The van der Waals surface area contributed by atoms with Crippen molar-refractivity contribution in [1.29, 1.82) is 0 Å². The number of anilines is 1. The van der Waals surface area contributed by atoms with Gasteiger partial charge in [-0.3, -0.25) is 10.1 Å². The maximum Gasteiger partial charge on any atom is 0.292 e. The van der Waals surface area contributed by atoms with Crippen LogP contribution >= 0.6 is 0 Å².